The number of hydrogen-bond acceptors (Lipinski definition) is 1. The summed E-state index contributed by atoms with van der Waals surface area (Å²) in [5.74, 6) is -0.178. The van der Waals surface area contributed by atoms with Crippen molar-refractivity contribution in [2.75, 3.05) is 6.61 Å². The van der Waals surface area contributed by atoms with Crippen LogP contribution in [0.2, 0.25) is 0 Å². The Hall–Kier alpha value is -0.890. The molecule has 1 aromatic carbocycles. The van der Waals surface area contributed by atoms with Crippen molar-refractivity contribution in [2.45, 2.75) is 26.7 Å². The average Bonchev–Trinajstić information content (AvgIpc) is 2.07. The zero-order valence-electron chi connectivity index (χ0n) is 8.92. The number of aliphatic hydroxyl groups excluding tert-OH is 1. The smallest absolute Gasteiger partial charge is 0.123 e. The molecule has 1 atom stereocenters. The molecule has 0 aliphatic carbocycles. The number of rotatable bonds is 2. The summed E-state index contributed by atoms with van der Waals surface area (Å²) >= 11 is 0. The zero-order valence-corrected chi connectivity index (χ0v) is 8.92. The molecule has 1 nitrogen and oxygen atoms in total. The summed E-state index contributed by atoms with van der Waals surface area (Å²) in [5, 5.41) is 9.29. The molecule has 0 heterocycles. The van der Waals surface area contributed by atoms with Gasteiger partial charge >= 0.3 is 0 Å². The van der Waals surface area contributed by atoms with Crippen molar-refractivity contribution in [1.82, 2.24) is 0 Å². The fourth-order valence-corrected chi connectivity index (χ4v) is 1.57. The molecule has 0 aromatic heterocycles. The van der Waals surface area contributed by atoms with Crippen LogP contribution in [-0.4, -0.2) is 11.7 Å². The standard InChI is InChI=1S/C12H17FO/c1-12(2,3)11(8-14)9-4-6-10(13)7-5-9/h4-7,11,14H,8H2,1-3H3. The van der Waals surface area contributed by atoms with E-state index >= 15 is 0 Å². The fourth-order valence-electron chi connectivity index (χ4n) is 1.57. The Kier molecular flexibility index (Phi) is 3.27. The Morgan fingerprint density at radius 2 is 1.71 bits per heavy atom. The van der Waals surface area contributed by atoms with Crippen LogP contribution in [0.25, 0.3) is 0 Å². The summed E-state index contributed by atoms with van der Waals surface area (Å²) in [7, 11) is 0. The second-order valence-electron chi connectivity index (χ2n) is 4.65. The van der Waals surface area contributed by atoms with E-state index in [4.69, 9.17) is 0 Å². The van der Waals surface area contributed by atoms with E-state index in [2.05, 4.69) is 20.8 Å². The van der Waals surface area contributed by atoms with Gasteiger partial charge in [-0.25, -0.2) is 4.39 Å². The third-order valence-electron chi connectivity index (χ3n) is 2.50. The van der Waals surface area contributed by atoms with E-state index in [-0.39, 0.29) is 23.8 Å². The second kappa shape index (κ2) is 4.09. The molecule has 2 heteroatoms. The zero-order chi connectivity index (χ0) is 10.8. The highest BCUT2D eigenvalue weighted by molar-refractivity contribution is 5.22. The van der Waals surface area contributed by atoms with Crippen LogP contribution in [0.4, 0.5) is 4.39 Å². The monoisotopic (exact) mass is 196 g/mol. The van der Waals surface area contributed by atoms with Crippen molar-refractivity contribution >= 4 is 0 Å². The van der Waals surface area contributed by atoms with E-state index in [1.807, 2.05) is 0 Å². The lowest BCUT2D eigenvalue weighted by molar-refractivity contribution is 0.186. The van der Waals surface area contributed by atoms with Gasteiger partial charge in [-0.05, 0) is 23.1 Å². The van der Waals surface area contributed by atoms with Crippen LogP contribution in [0.15, 0.2) is 24.3 Å². The van der Waals surface area contributed by atoms with E-state index in [0.717, 1.165) is 5.56 Å². The van der Waals surface area contributed by atoms with Gasteiger partial charge in [0.25, 0.3) is 0 Å². The summed E-state index contributed by atoms with van der Waals surface area (Å²) in [6.45, 7) is 6.29. The molecule has 0 aliphatic rings. The molecule has 0 bridgehead atoms. The Labute approximate surface area is 84.6 Å². The first-order valence-corrected chi connectivity index (χ1v) is 4.81. The lowest BCUT2D eigenvalue weighted by Crippen LogP contribution is -2.21. The van der Waals surface area contributed by atoms with Crippen LogP contribution in [0.1, 0.15) is 32.3 Å². The Morgan fingerprint density at radius 3 is 2.07 bits per heavy atom. The van der Waals surface area contributed by atoms with Gasteiger partial charge < -0.3 is 5.11 Å². The van der Waals surface area contributed by atoms with E-state index < -0.39 is 0 Å². The molecular weight excluding hydrogens is 179 g/mol. The third kappa shape index (κ3) is 2.55. The number of halogens is 1. The lowest BCUT2D eigenvalue weighted by atomic mass is 9.77. The van der Waals surface area contributed by atoms with E-state index in [9.17, 15) is 9.50 Å². The molecule has 1 aromatic rings. The van der Waals surface area contributed by atoms with Crippen LogP contribution in [-0.2, 0) is 0 Å². The number of benzene rings is 1. The van der Waals surface area contributed by atoms with E-state index in [0.29, 0.717) is 0 Å². The van der Waals surface area contributed by atoms with Gasteiger partial charge in [-0.15, -0.1) is 0 Å². The van der Waals surface area contributed by atoms with Crippen LogP contribution < -0.4 is 0 Å². The predicted molar refractivity (Wildman–Crippen MR) is 55.7 cm³/mol. The van der Waals surface area contributed by atoms with Gasteiger partial charge in [0.2, 0.25) is 0 Å². The normalized spacial score (nSPS) is 14.1. The SMILES string of the molecule is CC(C)(C)C(CO)c1ccc(F)cc1. The molecule has 78 valence electrons. The first-order chi connectivity index (χ1) is 6.45. The molecule has 1 rings (SSSR count). The molecule has 14 heavy (non-hydrogen) atoms. The quantitative estimate of drug-likeness (QED) is 0.771. The Bertz CT molecular complexity index is 284. The summed E-state index contributed by atoms with van der Waals surface area (Å²) < 4.78 is 12.7. The predicted octanol–water partition coefficient (Wildman–Crippen LogP) is 2.95. The van der Waals surface area contributed by atoms with Crippen LogP contribution in [0.3, 0.4) is 0 Å². The van der Waals surface area contributed by atoms with Crippen LogP contribution in [0, 0.1) is 11.2 Å². The van der Waals surface area contributed by atoms with Gasteiger partial charge in [-0.3, -0.25) is 0 Å². The van der Waals surface area contributed by atoms with Gasteiger partial charge in [-0.2, -0.15) is 0 Å². The highest BCUT2D eigenvalue weighted by Crippen LogP contribution is 2.34. The minimum Gasteiger partial charge on any atom is -0.396 e. The van der Waals surface area contributed by atoms with E-state index in [1.54, 1.807) is 12.1 Å². The molecule has 1 N–H and O–H groups in total. The molecule has 0 radical (unpaired) electrons. The molecule has 0 saturated carbocycles. The molecule has 0 aliphatic heterocycles. The van der Waals surface area contributed by atoms with Crippen molar-refractivity contribution in [3.8, 4) is 0 Å². The van der Waals surface area contributed by atoms with Gasteiger partial charge in [-0.1, -0.05) is 32.9 Å². The number of aliphatic hydroxyl groups is 1. The molecule has 0 saturated heterocycles. The van der Waals surface area contributed by atoms with Gasteiger partial charge in [0.15, 0.2) is 0 Å². The fraction of sp³-hybridized carbons (Fsp3) is 0.500. The molecule has 0 fully saturated rings. The topological polar surface area (TPSA) is 20.2 Å². The van der Waals surface area contributed by atoms with Crippen LogP contribution >= 0.6 is 0 Å². The van der Waals surface area contributed by atoms with Crippen molar-refractivity contribution in [3.63, 3.8) is 0 Å². The van der Waals surface area contributed by atoms with E-state index in [1.165, 1.54) is 12.1 Å². The van der Waals surface area contributed by atoms with Gasteiger partial charge in [0.05, 0.1) is 6.61 Å². The minimum absolute atomic E-state index is 0.00736. The highest BCUT2D eigenvalue weighted by atomic mass is 19.1. The summed E-state index contributed by atoms with van der Waals surface area (Å²) in [6.07, 6.45) is 0. The molecular formula is C12H17FO. The molecule has 1 unspecified atom stereocenters. The van der Waals surface area contributed by atoms with Crippen molar-refractivity contribution < 1.29 is 9.50 Å². The maximum Gasteiger partial charge on any atom is 0.123 e. The van der Waals surface area contributed by atoms with Crippen molar-refractivity contribution in [3.05, 3.63) is 35.6 Å². The van der Waals surface area contributed by atoms with Crippen molar-refractivity contribution in [1.29, 1.82) is 0 Å². The molecule has 0 spiro atoms. The summed E-state index contributed by atoms with van der Waals surface area (Å²) in [4.78, 5) is 0. The van der Waals surface area contributed by atoms with Crippen LogP contribution in [0.5, 0.6) is 0 Å². The first kappa shape index (κ1) is 11.2. The largest absolute Gasteiger partial charge is 0.396 e. The summed E-state index contributed by atoms with van der Waals surface area (Å²) in [5.41, 5.74) is 0.980. The average molecular weight is 196 g/mol. The second-order valence-corrected chi connectivity index (χ2v) is 4.65. The first-order valence-electron chi connectivity index (χ1n) is 4.81. The maximum absolute atomic E-state index is 12.7. The lowest BCUT2D eigenvalue weighted by Gasteiger charge is -2.29. The molecule has 0 amide bonds. The minimum atomic E-state index is -0.237. The highest BCUT2D eigenvalue weighted by Gasteiger charge is 2.25. The Balaban J connectivity index is 2.96. The number of hydrogen-bond donors (Lipinski definition) is 1. The van der Waals surface area contributed by atoms with Gasteiger partial charge in [0.1, 0.15) is 5.82 Å². The Morgan fingerprint density at radius 1 is 1.21 bits per heavy atom. The maximum atomic E-state index is 12.7. The van der Waals surface area contributed by atoms with Gasteiger partial charge in [0, 0.05) is 5.92 Å². The summed E-state index contributed by atoms with van der Waals surface area (Å²) in [6, 6.07) is 6.34. The van der Waals surface area contributed by atoms with Crippen molar-refractivity contribution in [2.24, 2.45) is 5.41 Å². The third-order valence-corrected chi connectivity index (χ3v) is 2.50.